The van der Waals surface area contributed by atoms with Crippen LogP contribution >= 0.6 is 0 Å². The summed E-state index contributed by atoms with van der Waals surface area (Å²) in [6.45, 7) is 3.70. The summed E-state index contributed by atoms with van der Waals surface area (Å²) in [7, 11) is 0. The van der Waals surface area contributed by atoms with Gasteiger partial charge in [0.25, 0.3) is 23.6 Å². The number of hydrogen-bond donors (Lipinski definition) is 4. The molecule has 2 aromatic heterocycles. The average molecular weight is 900 g/mol. The van der Waals surface area contributed by atoms with Gasteiger partial charge in [0.05, 0.1) is 56.3 Å². The van der Waals surface area contributed by atoms with Crippen molar-refractivity contribution in [2.24, 2.45) is 11.7 Å². The van der Waals surface area contributed by atoms with Crippen LogP contribution in [0.1, 0.15) is 79.7 Å². The van der Waals surface area contributed by atoms with Crippen molar-refractivity contribution in [1.29, 1.82) is 0 Å². The van der Waals surface area contributed by atoms with Crippen molar-refractivity contribution in [1.82, 2.24) is 39.9 Å². The van der Waals surface area contributed by atoms with Crippen molar-refractivity contribution in [3.63, 3.8) is 0 Å². The number of likely N-dealkylation sites (tertiary alicyclic amines) is 1. The number of primary amides is 1. The normalized spacial score (nSPS) is 18.4. The van der Waals surface area contributed by atoms with E-state index in [0.29, 0.717) is 87.7 Å². The molecule has 2 saturated heterocycles. The molecule has 2 atom stereocenters. The summed E-state index contributed by atoms with van der Waals surface area (Å²) in [6, 6.07) is 20.8. The van der Waals surface area contributed by atoms with Crippen LogP contribution in [0.15, 0.2) is 79.0 Å². The summed E-state index contributed by atoms with van der Waals surface area (Å²) in [5.41, 5.74) is 8.66. The van der Waals surface area contributed by atoms with E-state index in [-0.39, 0.29) is 47.5 Å². The van der Waals surface area contributed by atoms with Crippen molar-refractivity contribution in [3.8, 4) is 22.8 Å². The number of para-hydroxylation sites is 1. The Morgan fingerprint density at radius 2 is 1.59 bits per heavy atom. The minimum atomic E-state index is -1.04. The largest absolute Gasteiger partial charge is 0.457 e. The lowest BCUT2D eigenvalue weighted by molar-refractivity contribution is -0.136. The average Bonchev–Trinajstić information content (AvgIpc) is 4.04. The second-order valence-corrected chi connectivity index (χ2v) is 16.4. The number of carbonyl (C=O) groups is 6. The highest BCUT2D eigenvalue weighted by Crippen LogP contribution is 2.40. The van der Waals surface area contributed by atoms with E-state index in [2.05, 4.69) is 26.3 Å². The molecule has 4 aliphatic heterocycles. The zero-order valence-corrected chi connectivity index (χ0v) is 36.0. The number of nitrogens with two attached hydrogens (primary N) is 1. The quantitative estimate of drug-likeness (QED) is 0.0771. The Morgan fingerprint density at radius 3 is 2.35 bits per heavy atom. The molecule has 9 rings (SSSR count). The van der Waals surface area contributed by atoms with Crippen LogP contribution in [-0.4, -0.2) is 129 Å². The predicted octanol–water partition coefficient (Wildman–Crippen LogP) is 3.49. The lowest BCUT2D eigenvalue weighted by Crippen LogP contribution is -2.54. The molecule has 66 heavy (non-hydrogen) atoms. The van der Waals surface area contributed by atoms with Crippen LogP contribution < -0.4 is 26.4 Å². The van der Waals surface area contributed by atoms with Crippen LogP contribution in [0.3, 0.4) is 0 Å². The van der Waals surface area contributed by atoms with Crippen molar-refractivity contribution >= 4 is 46.9 Å². The van der Waals surface area contributed by atoms with Gasteiger partial charge >= 0.3 is 0 Å². The molecule has 0 spiro atoms. The molecule has 5 aromatic rings. The Morgan fingerprint density at radius 1 is 0.833 bits per heavy atom. The van der Waals surface area contributed by atoms with Crippen molar-refractivity contribution in [2.75, 3.05) is 63.2 Å². The van der Waals surface area contributed by atoms with E-state index in [0.717, 1.165) is 35.5 Å². The number of amides is 6. The van der Waals surface area contributed by atoms with Gasteiger partial charge in [-0.2, -0.15) is 5.10 Å². The van der Waals surface area contributed by atoms with Gasteiger partial charge < -0.3 is 35.5 Å². The van der Waals surface area contributed by atoms with E-state index >= 15 is 0 Å². The maximum absolute atomic E-state index is 13.5. The molecule has 342 valence electrons. The highest BCUT2D eigenvalue weighted by Gasteiger charge is 2.45. The fraction of sp³-hybridized carbons (Fsp3) is 0.370. The third-order valence-electron chi connectivity index (χ3n) is 12.3. The number of hydrogen-bond acceptors (Lipinski definition) is 14. The zero-order chi connectivity index (χ0) is 45.7. The second-order valence-electron chi connectivity index (χ2n) is 16.4. The molecule has 3 aromatic carbocycles. The lowest BCUT2D eigenvalue weighted by atomic mass is 9.86. The monoisotopic (exact) mass is 899 g/mol. The summed E-state index contributed by atoms with van der Waals surface area (Å²) >= 11 is 0. The van der Waals surface area contributed by atoms with Crippen molar-refractivity contribution in [2.45, 2.75) is 50.7 Å². The maximum atomic E-state index is 13.5. The fourth-order valence-electron chi connectivity index (χ4n) is 9.04. The highest BCUT2D eigenvalue weighted by atomic mass is 16.5. The summed E-state index contributed by atoms with van der Waals surface area (Å²) < 4.78 is 20.8. The summed E-state index contributed by atoms with van der Waals surface area (Å²) in [4.78, 5) is 79.4. The van der Waals surface area contributed by atoms with E-state index in [1.54, 1.807) is 34.0 Å². The molecule has 2 fully saturated rings. The highest BCUT2D eigenvalue weighted by molar-refractivity contribution is 6.25. The maximum Gasteiger partial charge on any atom is 0.276 e. The fourth-order valence-corrected chi connectivity index (χ4v) is 9.04. The lowest BCUT2D eigenvalue weighted by Gasteiger charge is -2.38. The first-order valence-electron chi connectivity index (χ1n) is 22.1. The van der Waals surface area contributed by atoms with Gasteiger partial charge in [-0.3, -0.25) is 39.0 Å². The van der Waals surface area contributed by atoms with Gasteiger partial charge in [-0.1, -0.05) is 29.5 Å². The minimum absolute atomic E-state index is 0.0192. The van der Waals surface area contributed by atoms with Gasteiger partial charge in [0.2, 0.25) is 11.8 Å². The molecular formula is C46H49N11O9. The van der Waals surface area contributed by atoms with E-state index in [1.165, 1.54) is 0 Å². The van der Waals surface area contributed by atoms with Gasteiger partial charge in [-0.05, 0) is 80.1 Å². The first kappa shape index (κ1) is 43.8. The van der Waals surface area contributed by atoms with Crippen LogP contribution in [0, 0.1) is 5.92 Å². The molecule has 20 nitrogen and oxygen atoms in total. The predicted molar refractivity (Wildman–Crippen MR) is 237 cm³/mol. The van der Waals surface area contributed by atoms with Gasteiger partial charge in [0, 0.05) is 43.9 Å². The topological polar surface area (TPSA) is 247 Å². The Labute approximate surface area is 378 Å². The minimum Gasteiger partial charge on any atom is -0.457 e. The van der Waals surface area contributed by atoms with Gasteiger partial charge in [-0.25, -0.2) is 9.36 Å². The number of nitrogens with zero attached hydrogens (tertiary/aromatic N) is 7. The zero-order valence-electron chi connectivity index (χ0n) is 36.0. The number of aromatic nitrogens is 5. The van der Waals surface area contributed by atoms with Gasteiger partial charge in [-0.15, -0.1) is 5.10 Å². The number of fused-ring (bicyclic) bond motifs is 2. The van der Waals surface area contributed by atoms with Crippen LogP contribution in [-0.2, 0) is 25.6 Å². The molecule has 6 heterocycles. The Hall–Kier alpha value is -7.45. The van der Waals surface area contributed by atoms with E-state index < -0.39 is 35.6 Å². The van der Waals surface area contributed by atoms with Crippen molar-refractivity contribution < 1.29 is 43.0 Å². The van der Waals surface area contributed by atoms with Gasteiger partial charge in [0.15, 0.2) is 5.69 Å². The first-order valence-corrected chi connectivity index (χ1v) is 22.1. The van der Waals surface area contributed by atoms with E-state index in [1.807, 2.05) is 59.3 Å². The number of ether oxygens (including phenoxy) is 3. The summed E-state index contributed by atoms with van der Waals surface area (Å²) in [6.07, 6.45) is 4.07. The third-order valence-corrected chi connectivity index (χ3v) is 12.3. The molecule has 0 bridgehead atoms. The SMILES string of the molecule is NC(=O)c1c(-c2ccc(Oc3ccccc3)cc2)nn2c1NCC[C@H]2C1CCN(C(=O)c2cn(CCOCCOCCNc3cccc4c3C(=O)N(C3CCC(=O)NC3=O)C4=O)nn2)CC1. The number of piperidine rings is 2. The van der Waals surface area contributed by atoms with E-state index in [9.17, 15) is 28.8 Å². The van der Waals surface area contributed by atoms with Crippen LogP contribution in [0.25, 0.3) is 11.3 Å². The number of carbonyl (C=O) groups excluding carboxylic acids is 6. The molecule has 20 heteroatoms. The van der Waals surface area contributed by atoms with Crippen LogP contribution in [0.2, 0.25) is 0 Å². The van der Waals surface area contributed by atoms with Crippen molar-refractivity contribution in [3.05, 3.63) is 101 Å². The molecular weight excluding hydrogens is 851 g/mol. The number of nitrogens with one attached hydrogen (secondary N) is 3. The first-order chi connectivity index (χ1) is 32.1. The second kappa shape index (κ2) is 19.3. The smallest absolute Gasteiger partial charge is 0.276 e. The molecule has 0 aliphatic carbocycles. The summed E-state index contributed by atoms with van der Waals surface area (Å²) in [5.74, 6) is -0.765. The molecule has 5 N–H and O–H groups in total. The molecule has 4 aliphatic rings. The molecule has 0 saturated carbocycles. The third kappa shape index (κ3) is 9.09. The number of benzene rings is 3. The number of anilines is 2. The van der Waals surface area contributed by atoms with Crippen LogP contribution in [0.5, 0.6) is 11.5 Å². The number of rotatable bonds is 17. The molecule has 6 amide bonds. The Balaban J connectivity index is 0.699. The Bertz CT molecular complexity index is 2640. The molecule has 1 unspecified atom stereocenters. The standard InChI is InChI=1S/C46H49N11O9/c47-41(59)39-40(29-9-11-31(12-10-29)66-30-5-2-1-3-6-30)52-57-35(15-18-49-42(39)57)28-16-20-54(21-17-28)45(62)34-27-55(53-51-34)22-24-65-26-25-64-23-19-48-33-8-4-7-32-38(33)46(63)56(44(32)61)36-13-14-37(58)50-43(36)60/h1-12,27-28,35-36,48-49H,13-26H2,(H2,47,59)(H,50,58,60)/t35-,36?/m0/s1. The Kier molecular flexibility index (Phi) is 12.8. The van der Waals surface area contributed by atoms with E-state index in [4.69, 9.17) is 25.0 Å². The summed E-state index contributed by atoms with van der Waals surface area (Å²) in [5, 5.41) is 21.9. The van der Waals surface area contributed by atoms with Crippen LogP contribution in [0.4, 0.5) is 11.5 Å². The number of imide groups is 2. The molecule has 0 radical (unpaired) electrons. The van der Waals surface area contributed by atoms with Gasteiger partial charge in [0.1, 0.15) is 34.6 Å².